The first-order chi connectivity index (χ1) is 13.6. The molecule has 1 aliphatic rings. The molecule has 4 rings (SSSR count). The number of aryl methyl sites for hydroxylation is 2. The van der Waals surface area contributed by atoms with Crippen molar-refractivity contribution >= 4 is 23.5 Å². The first-order valence-corrected chi connectivity index (χ1v) is 9.12. The molecular formula is C19H20N6O3. The van der Waals surface area contributed by atoms with Crippen LogP contribution >= 0.6 is 0 Å². The maximum Gasteiger partial charge on any atom is 0.231 e. The molecule has 0 saturated carbocycles. The molecule has 144 valence electrons. The molecule has 1 N–H and O–H groups in total. The van der Waals surface area contributed by atoms with E-state index in [9.17, 15) is 9.59 Å². The predicted molar refractivity (Wildman–Crippen MR) is 102 cm³/mol. The van der Waals surface area contributed by atoms with Gasteiger partial charge < -0.3 is 4.52 Å². The molecule has 0 radical (unpaired) electrons. The van der Waals surface area contributed by atoms with E-state index < -0.39 is 0 Å². The summed E-state index contributed by atoms with van der Waals surface area (Å²) in [4.78, 5) is 30.4. The maximum atomic E-state index is 12.6. The number of rotatable bonds is 5. The number of fused-ring (bicyclic) bond motifs is 1. The Hall–Kier alpha value is -3.49. The van der Waals surface area contributed by atoms with Gasteiger partial charge in [-0.3, -0.25) is 24.8 Å². The molecule has 3 aromatic rings. The molecule has 0 bridgehead atoms. The van der Waals surface area contributed by atoms with Crippen LogP contribution < -0.4 is 10.2 Å². The number of carbonyl (C=O) groups excluding carboxylic acids is 2. The molecule has 3 aromatic heterocycles. The number of pyridine rings is 1. The first-order valence-electron chi connectivity index (χ1n) is 9.12. The van der Waals surface area contributed by atoms with E-state index in [-0.39, 0.29) is 30.5 Å². The minimum atomic E-state index is -0.299. The second-order valence-corrected chi connectivity index (χ2v) is 6.63. The molecule has 28 heavy (non-hydrogen) atoms. The molecule has 9 nitrogen and oxygen atoms in total. The highest BCUT2D eigenvalue weighted by molar-refractivity contribution is 5.97. The smallest absolute Gasteiger partial charge is 0.231 e. The van der Waals surface area contributed by atoms with Crippen molar-refractivity contribution in [2.75, 3.05) is 16.8 Å². The third kappa shape index (κ3) is 3.78. The number of nitrogens with zero attached hydrogens (tertiary/aromatic N) is 5. The fourth-order valence-electron chi connectivity index (χ4n) is 3.21. The minimum Gasteiger partial charge on any atom is -0.338 e. The van der Waals surface area contributed by atoms with Crippen LogP contribution in [0.15, 0.2) is 41.2 Å². The lowest BCUT2D eigenvalue weighted by Gasteiger charge is -2.27. The lowest BCUT2D eigenvalue weighted by Crippen LogP contribution is -2.37. The lowest BCUT2D eigenvalue weighted by atomic mass is 10.2. The van der Waals surface area contributed by atoms with Crippen LogP contribution in [0.1, 0.15) is 25.0 Å². The second-order valence-electron chi connectivity index (χ2n) is 6.63. The molecule has 0 aromatic carbocycles. The normalized spacial score (nSPS) is 13.2. The van der Waals surface area contributed by atoms with Gasteiger partial charge in [0.2, 0.25) is 17.7 Å². The zero-order valence-electron chi connectivity index (χ0n) is 15.5. The summed E-state index contributed by atoms with van der Waals surface area (Å²) >= 11 is 0. The van der Waals surface area contributed by atoms with Gasteiger partial charge in [-0.05, 0) is 25.5 Å². The summed E-state index contributed by atoms with van der Waals surface area (Å²) in [6.45, 7) is 3.35. The molecule has 0 spiro atoms. The molecule has 9 heteroatoms. The van der Waals surface area contributed by atoms with Crippen LogP contribution in [0.3, 0.4) is 0 Å². The Balaban J connectivity index is 1.33. The van der Waals surface area contributed by atoms with E-state index in [4.69, 9.17) is 4.52 Å². The number of nitrogens with one attached hydrogen (secondary N) is 1. The second kappa shape index (κ2) is 7.63. The Morgan fingerprint density at radius 3 is 2.82 bits per heavy atom. The summed E-state index contributed by atoms with van der Waals surface area (Å²) in [7, 11) is 0. The van der Waals surface area contributed by atoms with Crippen LogP contribution in [0, 0.1) is 6.92 Å². The van der Waals surface area contributed by atoms with Crippen molar-refractivity contribution in [2.45, 2.75) is 32.7 Å². The molecule has 1 aliphatic heterocycles. The number of carbonyl (C=O) groups is 2. The third-order valence-electron chi connectivity index (χ3n) is 4.52. The molecule has 4 heterocycles. The summed E-state index contributed by atoms with van der Waals surface area (Å²) in [5.41, 5.74) is 2.32. The largest absolute Gasteiger partial charge is 0.338 e. The van der Waals surface area contributed by atoms with Gasteiger partial charge in [-0.1, -0.05) is 5.16 Å². The summed E-state index contributed by atoms with van der Waals surface area (Å²) in [6.07, 6.45) is 4.33. The molecule has 2 amide bonds. The zero-order valence-corrected chi connectivity index (χ0v) is 15.5. The van der Waals surface area contributed by atoms with E-state index in [0.717, 1.165) is 30.0 Å². The maximum absolute atomic E-state index is 12.6. The fourth-order valence-corrected chi connectivity index (χ4v) is 3.21. The molecule has 0 saturated heterocycles. The minimum absolute atomic E-state index is 0.0632. The number of hydrogen-bond donors (Lipinski definition) is 1. The Morgan fingerprint density at radius 2 is 2.00 bits per heavy atom. The van der Waals surface area contributed by atoms with E-state index in [0.29, 0.717) is 12.2 Å². The van der Waals surface area contributed by atoms with E-state index in [2.05, 4.69) is 20.6 Å². The number of amides is 2. The van der Waals surface area contributed by atoms with Gasteiger partial charge in [-0.2, -0.15) is 5.10 Å². The van der Waals surface area contributed by atoms with E-state index in [1.54, 1.807) is 35.5 Å². The van der Waals surface area contributed by atoms with Crippen LogP contribution in [0.25, 0.3) is 11.3 Å². The Bertz CT molecular complexity index is 994. The highest BCUT2D eigenvalue weighted by atomic mass is 16.5. The van der Waals surface area contributed by atoms with Gasteiger partial charge in [-0.15, -0.1) is 0 Å². The number of hydrogen-bond acceptors (Lipinski definition) is 6. The van der Waals surface area contributed by atoms with Gasteiger partial charge in [0.1, 0.15) is 11.5 Å². The molecule has 0 aliphatic carbocycles. The van der Waals surface area contributed by atoms with Crippen LogP contribution in [0.4, 0.5) is 11.7 Å². The van der Waals surface area contributed by atoms with Crippen molar-refractivity contribution in [3.63, 3.8) is 0 Å². The van der Waals surface area contributed by atoms with Crippen molar-refractivity contribution in [1.29, 1.82) is 0 Å². The Morgan fingerprint density at radius 1 is 1.18 bits per heavy atom. The lowest BCUT2D eigenvalue weighted by molar-refractivity contribution is -0.122. The van der Waals surface area contributed by atoms with E-state index in [1.165, 1.54) is 0 Å². The number of aromatic nitrogens is 4. The standard InChI is InChI=1S/C19H20N6O3/c1-13-11-18-24(9-2-10-25(18)22-13)19(27)4-3-16(26)21-17-12-15(23-28-17)14-5-7-20-8-6-14/h5-8,11-12H,2-4,9-10H2,1H3,(H,21,26). The summed E-state index contributed by atoms with van der Waals surface area (Å²) in [5.74, 6) is 0.654. The summed E-state index contributed by atoms with van der Waals surface area (Å²) < 4.78 is 6.99. The highest BCUT2D eigenvalue weighted by Crippen LogP contribution is 2.23. The van der Waals surface area contributed by atoms with Gasteiger partial charge in [0, 0.05) is 56.0 Å². The zero-order chi connectivity index (χ0) is 19.5. The van der Waals surface area contributed by atoms with Gasteiger partial charge in [0.05, 0.1) is 5.69 Å². The first kappa shape index (κ1) is 17.9. The molecule has 0 unspecified atom stereocenters. The van der Waals surface area contributed by atoms with Crippen LogP contribution in [-0.2, 0) is 16.1 Å². The Kier molecular flexibility index (Phi) is 4.88. The van der Waals surface area contributed by atoms with Gasteiger partial charge >= 0.3 is 0 Å². The SMILES string of the molecule is Cc1cc2n(n1)CCCN2C(=O)CCC(=O)Nc1cc(-c2ccncc2)no1. The van der Waals surface area contributed by atoms with E-state index >= 15 is 0 Å². The molecule has 0 fully saturated rings. The molecule has 0 atom stereocenters. The Labute approximate surface area is 161 Å². The predicted octanol–water partition coefficient (Wildman–Crippen LogP) is 2.40. The van der Waals surface area contributed by atoms with Crippen LogP contribution in [0.2, 0.25) is 0 Å². The monoisotopic (exact) mass is 380 g/mol. The van der Waals surface area contributed by atoms with Crippen molar-refractivity contribution < 1.29 is 14.1 Å². The average molecular weight is 380 g/mol. The highest BCUT2D eigenvalue weighted by Gasteiger charge is 2.24. The average Bonchev–Trinajstić information content (AvgIpc) is 3.32. The van der Waals surface area contributed by atoms with Crippen LogP contribution in [0.5, 0.6) is 0 Å². The van der Waals surface area contributed by atoms with Crippen molar-refractivity contribution in [3.05, 3.63) is 42.4 Å². The van der Waals surface area contributed by atoms with Gasteiger partial charge in [0.15, 0.2) is 0 Å². The number of anilines is 2. The van der Waals surface area contributed by atoms with Gasteiger partial charge in [-0.25, -0.2) is 4.68 Å². The fraction of sp³-hybridized carbons (Fsp3) is 0.316. The quantitative estimate of drug-likeness (QED) is 0.728. The van der Waals surface area contributed by atoms with Crippen molar-refractivity contribution in [2.24, 2.45) is 0 Å². The summed E-state index contributed by atoms with van der Waals surface area (Å²) in [6, 6.07) is 7.13. The van der Waals surface area contributed by atoms with E-state index in [1.807, 2.05) is 17.7 Å². The van der Waals surface area contributed by atoms with Crippen LogP contribution in [-0.4, -0.2) is 38.3 Å². The van der Waals surface area contributed by atoms with Crippen molar-refractivity contribution in [1.82, 2.24) is 19.9 Å². The third-order valence-corrected chi connectivity index (χ3v) is 4.52. The van der Waals surface area contributed by atoms with Gasteiger partial charge in [0.25, 0.3) is 0 Å². The topological polar surface area (TPSA) is 106 Å². The summed E-state index contributed by atoms with van der Waals surface area (Å²) in [5, 5.41) is 11.0. The molecular weight excluding hydrogens is 360 g/mol. The van der Waals surface area contributed by atoms with Crippen molar-refractivity contribution in [3.8, 4) is 11.3 Å².